The van der Waals surface area contributed by atoms with Crippen molar-refractivity contribution in [2.45, 2.75) is 35.3 Å². The second-order valence-corrected chi connectivity index (χ2v) is 6.68. The van der Waals surface area contributed by atoms with Crippen LogP contribution in [0.3, 0.4) is 0 Å². The van der Waals surface area contributed by atoms with Gasteiger partial charge < -0.3 is 9.90 Å². The van der Waals surface area contributed by atoms with Crippen LogP contribution in [-0.4, -0.2) is 24.6 Å². The van der Waals surface area contributed by atoms with Gasteiger partial charge in [-0.05, 0) is 31.0 Å². The summed E-state index contributed by atoms with van der Waals surface area (Å²) in [4.78, 5) is 11.2. The maximum Gasteiger partial charge on any atom is 0.191 e. The molecular weight excluding hydrogens is 240 g/mol. The number of hydrogen-bond acceptors (Lipinski definition) is 4. The quantitative estimate of drug-likeness (QED) is 0.833. The van der Waals surface area contributed by atoms with Gasteiger partial charge in [-0.1, -0.05) is 18.9 Å². The summed E-state index contributed by atoms with van der Waals surface area (Å²) in [7, 11) is -3.70. The highest BCUT2D eigenvalue weighted by Crippen LogP contribution is 2.39. The molecule has 0 spiro atoms. The summed E-state index contributed by atoms with van der Waals surface area (Å²) < 4.78 is 23.5. The molecule has 17 heavy (non-hydrogen) atoms. The molecule has 4 nitrogen and oxygen atoms in total. The molecule has 5 heteroatoms. The van der Waals surface area contributed by atoms with Gasteiger partial charge in [0.15, 0.2) is 9.84 Å². The molecule has 1 aliphatic rings. The van der Waals surface area contributed by atoms with Crippen LogP contribution in [0.25, 0.3) is 0 Å². The first-order valence-electron chi connectivity index (χ1n) is 5.52. The summed E-state index contributed by atoms with van der Waals surface area (Å²) in [6, 6.07) is 5.48. The lowest BCUT2D eigenvalue weighted by atomic mass is 10.1. The molecular formula is C12H14O4S. The van der Waals surface area contributed by atoms with Crippen molar-refractivity contribution in [2.24, 2.45) is 0 Å². The summed E-state index contributed by atoms with van der Waals surface area (Å²) >= 11 is 0. The van der Waals surface area contributed by atoms with Crippen molar-refractivity contribution in [3.8, 4) is 5.75 Å². The fourth-order valence-electron chi connectivity index (χ4n) is 2.31. The topological polar surface area (TPSA) is 71.4 Å². The first-order valence-corrected chi connectivity index (χ1v) is 7.00. The molecule has 1 fully saturated rings. The number of carbonyl (C=O) groups is 1. The number of rotatable bonds is 3. The lowest BCUT2D eigenvalue weighted by molar-refractivity contribution is -0.109. The Morgan fingerprint density at radius 2 is 1.88 bits per heavy atom. The first-order chi connectivity index (χ1) is 8.02. The van der Waals surface area contributed by atoms with E-state index in [0.29, 0.717) is 19.1 Å². The molecule has 0 bridgehead atoms. The molecule has 0 aliphatic heterocycles. The maximum absolute atomic E-state index is 12.4. The van der Waals surface area contributed by atoms with Crippen LogP contribution in [0.4, 0.5) is 0 Å². The van der Waals surface area contributed by atoms with E-state index in [1.54, 1.807) is 0 Å². The van der Waals surface area contributed by atoms with Crippen molar-refractivity contribution < 1.29 is 18.3 Å². The zero-order chi connectivity index (χ0) is 12.5. The zero-order valence-electron chi connectivity index (χ0n) is 9.30. The Balaban J connectivity index is 2.52. The molecule has 0 amide bonds. The van der Waals surface area contributed by atoms with Crippen LogP contribution in [0.1, 0.15) is 25.7 Å². The van der Waals surface area contributed by atoms with Crippen LogP contribution < -0.4 is 0 Å². The highest BCUT2D eigenvalue weighted by Gasteiger charge is 2.46. The number of benzene rings is 1. The Morgan fingerprint density at radius 1 is 1.24 bits per heavy atom. The third-order valence-corrected chi connectivity index (χ3v) is 5.78. The average Bonchev–Trinajstić information content (AvgIpc) is 2.79. The summed E-state index contributed by atoms with van der Waals surface area (Å²) in [6.45, 7) is 0. The number of phenols is 1. The van der Waals surface area contributed by atoms with E-state index in [-0.39, 0.29) is 10.6 Å². The van der Waals surface area contributed by atoms with Gasteiger partial charge in [0.1, 0.15) is 16.8 Å². The minimum absolute atomic E-state index is 0.0199. The molecule has 92 valence electrons. The van der Waals surface area contributed by atoms with E-state index in [1.165, 1.54) is 24.3 Å². The van der Waals surface area contributed by atoms with E-state index in [1.807, 2.05) is 0 Å². The zero-order valence-corrected chi connectivity index (χ0v) is 10.1. The summed E-state index contributed by atoms with van der Waals surface area (Å²) in [5.41, 5.74) is 0. The van der Waals surface area contributed by atoms with E-state index >= 15 is 0 Å². The van der Waals surface area contributed by atoms with Gasteiger partial charge in [-0.2, -0.15) is 0 Å². The first kappa shape index (κ1) is 12.1. The molecule has 0 atom stereocenters. The van der Waals surface area contributed by atoms with Gasteiger partial charge in [0.05, 0.1) is 4.90 Å². The van der Waals surface area contributed by atoms with Gasteiger partial charge in [0.2, 0.25) is 0 Å². The normalized spacial score (nSPS) is 19.1. The fourth-order valence-corrected chi connectivity index (χ4v) is 4.26. The molecule has 1 saturated carbocycles. The minimum atomic E-state index is -3.70. The van der Waals surface area contributed by atoms with Gasteiger partial charge in [0.25, 0.3) is 0 Å². The van der Waals surface area contributed by atoms with E-state index in [4.69, 9.17) is 0 Å². The van der Waals surface area contributed by atoms with Crippen molar-refractivity contribution in [3.05, 3.63) is 24.3 Å². The average molecular weight is 254 g/mol. The van der Waals surface area contributed by atoms with Gasteiger partial charge in [-0.15, -0.1) is 0 Å². The van der Waals surface area contributed by atoms with Crippen LogP contribution in [0, 0.1) is 0 Å². The molecule has 0 unspecified atom stereocenters. The van der Waals surface area contributed by atoms with Gasteiger partial charge >= 0.3 is 0 Å². The van der Waals surface area contributed by atoms with Crippen LogP contribution >= 0.6 is 0 Å². The standard InChI is InChI=1S/C12H14O4S/c13-9-12(6-1-2-7-12)17(15,16)11-5-3-4-10(14)8-11/h3-5,8-9,14H,1-2,6-7H2. The van der Waals surface area contributed by atoms with Crippen molar-refractivity contribution in [1.29, 1.82) is 0 Å². The third-order valence-electron chi connectivity index (χ3n) is 3.33. The number of carbonyl (C=O) groups excluding carboxylic acids is 1. The Kier molecular flexibility index (Phi) is 2.95. The van der Waals surface area contributed by atoms with Crippen LogP contribution in [0.2, 0.25) is 0 Å². The van der Waals surface area contributed by atoms with Crippen molar-refractivity contribution in [2.75, 3.05) is 0 Å². The number of phenolic OH excluding ortho intramolecular Hbond substituents is 1. The van der Waals surface area contributed by atoms with E-state index in [9.17, 15) is 18.3 Å². The third kappa shape index (κ3) is 1.84. The Labute approximate surface area is 100 Å². The summed E-state index contributed by atoms with van der Waals surface area (Å²) in [6.07, 6.45) is 2.79. The van der Waals surface area contributed by atoms with E-state index in [0.717, 1.165) is 12.8 Å². The number of hydrogen-bond donors (Lipinski definition) is 1. The van der Waals surface area contributed by atoms with Crippen molar-refractivity contribution in [3.63, 3.8) is 0 Å². The highest BCUT2D eigenvalue weighted by atomic mass is 32.2. The predicted molar refractivity (Wildman–Crippen MR) is 62.6 cm³/mol. The van der Waals surface area contributed by atoms with Crippen molar-refractivity contribution in [1.82, 2.24) is 0 Å². The Hall–Kier alpha value is -1.36. The number of aromatic hydroxyl groups is 1. The van der Waals surface area contributed by atoms with Crippen LogP contribution in [-0.2, 0) is 14.6 Å². The second-order valence-electron chi connectivity index (χ2n) is 4.39. The van der Waals surface area contributed by atoms with Gasteiger partial charge in [-0.25, -0.2) is 8.42 Å². The maximum atomic E-state index is 12.4. The molecule has 1 aromatic rings. The molecule has 0 heterocycles. The molecule has 1 N–H and O–H groups in total. The lowest BCUT2D eigenvalue weighted by Gasteiger charge is -2.22. The molecule has 1 aromatic carbocycles. The fraction of sp³-hybridized carbons (Fsp3) is 0.417. The Morgan fingerprint density at radius 3 is 2.41 bits per heavy atom. The van der Waals surface area contributed by atoms with E-state index < -0.39 is 14.6 Å². The van der Waals surface area contributed by atoms with Gasteiger partial charge in [0, 0.05) is 0 Å². The van der Waals surface area contributed by atoms with Gasteiger partial charge in [-0.3, -0.25) is 0 Å². The molecule has 2 rings (SSSR count). The monoisotopic (exact) mass is 254 g/mol. The van der Waals surface area contributed by atoms with Crippen LogP contribution in [0.15, 0.2) is 29.2 Å². The summed E-state index contributed by atoms with van der Waals surface area (Å²) in [5.74, 6) is -0.106. The molecule has 0 saturated heterocycles. The van der Waals surface area contributed by atoms with Crippen molar-refractivity contribution >= 4 is 16.1 Å². The minimum Gasteiger partial charge on any atom is -0.508 e. The smallest absolute Gasteiger partial charge is 0.191 e. The largest absolute Gasteiger partial charge is 0.508 e. The molecule has 1 aliphatic carbocycles. The molecule has 0 radical (unpaired) electrons. The summed E-state index contributed by atoms with van der Waals surface area (Å²) in [5, 5.41) is 9.32. The lowest BCUT2D eigenvalue weighted by Crippen LogP contribution is -2.37. The second kappa shape index (κ2) is 4.14. The number of sulfone groups is 1. The predicted octanol–water partition coefficient (Wildman–Crippen LogP) is 1.68. The van der Waals surface area contributed by atoms with Crippen LogP contribution in [0.5, 0.6) is 5.75 Å². The Bertz CT molecular complexity index is 527. The molecule has 0 aromatic heterocycles. The highest BCUT2D eigenvalue weighted by molar-refractivity contribution is 7.93. The SMILES string of the molecule is O=CC1(S(=O)(=O)c2cccc(O)c2)CCCC1. The number of aldehydes is 1. The van der Waals surface area contributed by atoms with E-state index in [2.05, 4.69) is 0 Å².